The summed E-state index contributed by atoms with van der Waals surface area (Å²) in [5.74, 6) is 0.524. The number of halogens is 3. The Balaban J connectivity index is 1.70. The number of phenols is 1. The van der Waals surface area contributed by atoms with E-state index in [9.17, 15) is 18.3 Å². The highest BCUT2D eigenvalue weighted by molar-refractivity contribution is 5.94. The first kappa shape index (κ1) is 17.3. The number of benzene rings is 3. The second kappa shape index (κ2) is 6.10. The van der Waals surface area contributed by atoms with Gasteiger partial charge in [0.15, 0.2) is 5.82 Å². The molecular weight excluding hydrogens is 381 g/mol. The first-order valence-corrected chi connectivity index (χ1v) is 8.75. The minimum absolute atomic E-state index is 0.142. The number of H-pyrrole nitrogens is 1. The lowest BCUT2D eigenvalue weighted by Crippen LogP contribution is -2.04. The van der Waals surface area contributed by atoms with E-state index in [2.05, 4.69) is 15.1 Å². The van der Waals surface area contributed by atoms with Gasteiger partial charge in [0, 0.05) is 5.39 Å². The number of rotatable bonds is 2. The van der Waals surface area contributed by atoms with Crippen molar-refractivity contribution in [2.45, 2.75) is 6.18 Å². The second-order valence-electron chi connectivity index (χ2n) is 6.61. The number of imidazole rings is 1. The second-order valence-corrected chi connectivity index (χ2v) is 6.61. The minimum atomic E-state index is -4.42. The lowest BCUT2D eigenvalue weighted by molar-refractivity contribution is -0.137. The van der Waals surface area contributed by atoms with Gasteiger partial charge >= 0.3 is 6.18 Å². The number of phenolic OH excluding ortho intramolecular Hbond substituents is 1. The fourth-order valence-corrected chi connectivity index (χ4v) is 3.33. The summed E-state index contributed by atoms with van der Waals surface area (Å²) in [6, 6.07) is 17.5. The minimum Gasteiger partial charge on any atom is -0.508 e. The molecule has 0 fully saturated rings. The van der Waals surface area contributed by atoms with Crippen molar-refractivity contribution in [2.75, 3.05) is 0 Å². The number of aromatic nitrogens is 4. The lowest BCUT2D eigenvalue weighted by Gasteiger charge is -2.05. The van der Waals surface area contributed by atoms with Crippen molar-refractivity contribution < 1.29 is 18.3 Å². The van der Waals surface area contributed by atoms with Crippen molar-refractivity contribution in [1.29, 1.82) is 0 Å². The zero-order chi connectivity index (χ0) is 20.2. The number of aromatic hydroxyl groups is 1. The standard InChI is InChI=1S/C21H13F3N4O/c22-21(23,24)12-5-10-16-17(11-12)26-20(25-16)19-15-3-1-2-4-18(15)28(27-19)13-6-8-14(29)9-7-13/h1-11,29H,(H,25,26). The average Bonchev–Trinajstić information content (AvgIpc) is 3.29. The van der Waals surface area contributed by atoms with Crippen molar-refractivity contribution in [3.05, 3.63) is 72.3 Å². The molecule has 29 heavy (non-hydrogen) atoms. The molecule has 0 spiro atoms. The van der Waals surface area contributed by atoms with Crippen molar-refractivity contribution >= 4 is 21.9 Å². The Kier molecular flexibility index (Phi) is 3.64. The Bertz CT molecular complexity index is 1350. The molecule has 144 valence electrons. The first-order valence-electron chi connectivity index (χ1n) is 8.75. The van der Waals surface area contributed by atoms with E-state index in [1.165, 1.54) is 6.07 Å². The summed E-state index contributed by atoms with van der Waals surface area (Å²) in [5.41, 5.74) is 2.05. The molecule has 0 unspecified atom stereocenters. The number of hydrogen-bond acceptors (Lipinski definition) is 3. The maximum absolute atomic E-state index is 13.0. The van der Waals surface area contributed by atoms with Gasteiger partial charge in [0.1, 0.15) is 11.4 Å². The predicted octanol–water partition coefficient (Wildman–Crippen LogP) is 5.29. The fraction of sp³-hybridized carbons (Fsp3) is 0.0476. The molecule has 0 aliphatic heterocycles. The molecule has 5 nitrogen and oxygen atoms in total. The highest BCUT2D eigenvalue weighted by Gasteiger charge is 2.31. The van der Waals surface area contributed by atoms with Crippen molar-refractivity contribution in [3.63, 3.8) is 0 Å². The highest BCUT2D eigenvalue weighted by Crippen LogP contribution is 2.33. The van der Waals surface area contributed by atoms with Gasteiger partial charge in [-0.25, -0.2) is 9.67 Å². The zero-order valence-corrected chi connectivity index (χ0v) is 14.8. The first-order chi connectivity index (χ1) is 13.9. The van der Waals surface area contributed by atoms with E-state index in [-0.39, 0.29) is 11.3 Å². The molecule has 0 amide bonds. The smallest absolute Gasteiger partial charge is 0.416 e. The number of nitrogens with one attached hydrogen (secondary N) is 1. The summed E-state index contributed by atoms with van der Waals surface area (Å²) in [6.07, 6.45) is -4.42. The lowest BCUT2D eigenvalue weighted by atomic mass is 10.2. The number of fused-ring (bicyclic) bond motifs is 2. The van der Waals surface area contributed by atoms with Crippen molar-refractivity contribution in [2.24, 2.45) is 0 Å². The van der Waals surface area contributed by atoms with Gasteiger partial charge in [-0.2, -0.15) is 18.3 Å². The SMILES string of the molecule is Oc1ccc(-n2nc(-c3nc4ccc(C(F)(F)F)cc4[nH]3)c3ccccc32)cc1. The molecular formula is C21H13F3N4O. The third-order valence-electron chi connectivity index (χ3n) is 4.72. The topological polar surface area (TPSA) is 66.7 Å². The molecule has 5 rings (SSSR count). The summed E-state index contributed by atoms with van der Waals surface area (Å²) in [7, 11) is 0. The third kappa shape index (κ3) is 2.89. The van der Waals surface area contributed by atoms with Gasteiger partial charge in [-0.05, 0) is 48.5 Å². The van der Waals surface area contributed by atoms with Gasteiger partial charge in [0.2, 0.25) is 0 Å². The van der Waals surface area contributed by atoms with Crippen LogP contribution < -0.4 is 0 Å². The van der Waals surface area contributed by atoms with Gasteiger partial charge < -0.3 is 10.1 Å². The summed E-state index contributed by atoms with van der Waals surface area (Å²) < 4.78 is 40.7. The van der Waals surface area contributed by atoms with Crippen LogP contribution in [-0.2, 0) is 6.18 Å². The fourth-order valence-electron chi connectivity index (χ4n) is 3.33. The zero-order valence-electron chi connectivity index (χ0n) is 14.8. The van der Waals surface area contributed by atoms with Crippen LogP contribution in [0.5, 0.6) is 5.75 Å². The molecule has 3 aromatic carbocycles. The molecule has 0 atom stereocenters. The van der Waals surface area contributed by atoms with Crippen LogP contribution in [-0.4, -0.2) is 24.9 Å². The third-order valence-corrected chi connectivity index (χ3v) is 4.72. The normalized spacial score (nSPS) is 12.1. The maximum Gasteiger partial charge on any atom is 0.416 e. The monoisotopic (exact) mass is 394 g/mol. The molecule has 0 saturated heterocycles. The van der Waals surface area contributed by atoms with Gasteiger partial charge in [-0.3, -0.25) is 0 Å². The van der Waals surface area contributed by atoms with Gasteiger partial charge in [0.25, 0.3) is 0 Å². The number of alkyl halides is 3. The number of aromatic amines is 1. The van der Waals surface area contributed by atoms with E-state index in [4.69, 9.17) is 0 Å². The Morgan fingerprint density at radius 1 is 0.931 bits per heavy atom. The van der Waals surface area contributed by atoms with E-state index in [1.807, 2.05) is 24.3 Å². The number of para-hydroxylation sites is 1. The predicted molar refractivity (Wildman–Crippen MR) is 103 cm³/mol. The van der Waals surface area contributed by atoms with Gasteiger partial charge in [-0.1, -0.05) is 18.2 Å². The molecule has 0 radical (unpaired) electrons. The van der Waals surface area contributed by atoms with E-state index < -0.39 is 11.7 Å². The summed E-state index contributed by atoms with van der Waals surface area (Å²) >= 11 is 0. The summed E-state index contributed by atoms with van der Waals surface area (Å²) in [6.45, 7) is 0. The summed E-state index contributed by atoms with van der Waals surface area (Å²) in [5, 5.41) is 15.0. The molecule has 0 aliphatic rings. The van der Waals surface area contributed by atoms with Gasteiger partial charge in [-0.15, -0.1) is 0 Å². The summed E-state index contributed by atoms with van der Waals surface area (Å²) in [4.78, 5) is 7.40. The molecule has 2 aromatic heterocycles. The highest BCUT2D eigenvalue weighted by atomic mass is 19.4. The van der Waals surface area contributed by atoms with Gasteiger partial charge in [0.05, 0.1) is 27.8 Å². The van der Waals surface area contributed by atoms with E-state index >= 15 is 0 Å². The largest absolute Gasteiger partial charge is 0.508 e. The van der Waals surface area contributed by atoms with Crippen LogP contribution in [0.2, 0.25) is 0 Å². The van der Waals surface area contributed by atoms with E-state index in [0.29, 0.717) is 17.0 Å². The molecule has 0 aliphatic carbocycles. The Labute approximate surface area is 162 Å². The number of nitrogens with zero attached hydrogens (tertiary/aromatic N) is 3. The van der Waals surface area contributed by atoms with Crippen molar-refractivity contribution in [1.82, 2.24) is 19.7 Å². The number of hydrogen-bond donors (Lipinski definition) is 2. The Hall–Kier alpha value is -3.81. The van der Waals surface area contributed by atoms with Crippen LogP contribution in [0.3, 0.4) is 0 Å². The van der Waals surface area contributed by atoms with E-state index in [1.54, 1.807) is 28.9 Å². The van der Waals surface area contributed by atoms with Crippen LogP contribution >= 0.6 is 0 Å². The van der Waals surface area contributed by atoms with Crippen LogP contribution in [0, 0.1) is 0 Å². The van der Waals surface area contributed by atoms with Crippen LogP contribution in [0.25, 0.3) is 39.1 Å². The molecule has 0 bridgehead atoms. The molecule has 5 aromatic rings. The van der Waals surface area contributed by atoms with E-state index in [0.717, 1.165) is 28.7 Å². The Morgan fingerprint density at radius 2 is 1.69 bits per heavy atom. The van der Waals surface area contributed by atoms with Crippen LogP contribution in [0.1, 0.15) is 5.56 Å². The molecule has 2 N–H and O–H groups in total. The Morgan fingerprint density at radius 3 is 2.45 bits per heavy atom. The molecule has 0 saturated carbocycles. The quantitative estimate of drug-likeness (QED) is 0.427. The maximum atomic E-state index is 13.0. The van der Waals surface area contributed by atoms with Crippen LogP contribution in [0.4, 0.5) is 13.2 Å². The molecule has 2 heterocycles. The van der Waals surface area contributed by atoms with Crippen LogP contribution in [0.15, 0.2) is 66.7 Å². The van der Waals surface area contributed by atoms with Crippen molar-refractivity contribution in [3.8, 4) is 23.0 Å². The average molecular weight is 394 g/mol. The molecule has 8 heteroatoms.